The molecule has 1 aliphatic carbocycles. The van der Waals surface area contributed by atoms with Gasteiger partial charge in [-0.3, -0.25) is 9.59 Å². The lowest BCUT2D eigenvalue weighted by molar-refractivity contribution is -0.141. The summed E-state index contributed by atoms with van der Waals surface area (Å²) in [5, 5.41) is 5.36. The minimum absolute atomic E-state index is 0.0106. The molecule has 1 aliphatic heterocycles. The minimum atomic E-state index is -4.51. The van der Waals surface area contributed by atoms with Crippen molar-refractivity contribution in [3.63, 3.8) is 0 Å². The molecule has 0 unspecified atom stereocenters. The molecule has 9 heteroatoms. The highest BCUT2D eigenvalue weighted by Crippen LogP contribution is 2.51. The Morgan fingerprint density at radius 1 is 1.00 bits per heavy atom. The summed E-state index contributed by atoms with van der Waals surface area (Å²) in [5.41, 5.74) is 2.48. The summed E-state index contributed by atoms with van der Waals surface area (Å²) >= 11 is 0. The minimum Gasteiger partial charge on any atom is -0.489 e. The van der Waals surface area contributed by atoms with Crippen LogP contribution in [0.1, 0.15) is 63.0 Å². The number of allylic oxidation sites excluding steroid dienone is 5. The van der Waals surface area contributed by atoms with E-state index in [-0.39, 0.29) is 11.9 Å². The third-order valence-corrected chi connectivity index (χ3v) is 9.16. The zero-order valence-electron chi connectivity index (χ0n) is 28.4. The number of amides is 2. The highest BCUT2D eigenvalue weighted by Gasteiger charge is 2.49. The van der Waals surface area contributed by atoms with Crippen molar-refractivity contribution in [2.24, 2.45) is 0 Å². The SMILES string of the molecule is C=CCC/C=C/COC(=C)/C(=C\C=C/C)C(=O)NC1CCN(CCCCC2(C(=O)NCC(F)(F)F)c3ccccc3-c3ccccc32)CC1. The van der Waals surface area contributed by atoms with Gasteiger partial charge in [0.2, 0.25) is 5.91 Å². The van der Waals surface area contributed by atoms with E-state index in [0.717, 1.165) is 74.0 Å². The van der Waals surface area contributed by atoms with E-state index in [1.165, 1.54) is 0 Å². The van der Waals surface area contributed by atoms with E-state index in [2.05, 4.69) is 28.7 Å². The average Bonchev–Trinajstić information content (AvgIpc) is 3.38. The summed E-state index contributed by atoms with van der Waals surface area (Å²) in [7, 11) is 0. The fourth-order valence-electron chi connectivity index (χ4n) is 6.69. The van der Waals surface area contributed by atoms with Gasteiger partial charge in [0.1, 0.15) is 24.3 Å². The highest BCUT2D eigenvalue weighted by molar-refractivity contribution is 6.00. The standard InChI is InChI=1S/C40H48F3N3O3/c1-4-6-8-9-16-28-49-30(3)32(17-7-5-2)37(47)45-31-22-26-46(27-23-31)25-15-14-24-39(38(48)44-29-40(41,42)43)35-20-12-10-18-33(35)34-19-11-13-21-36(34)39/h4-5,7,9-13,16-21,31H,1,3,6,8,14-15,22-29H2,2H3,(H,44,48)(H,45,47)/b7-5-,16-9+,32-17+. The molecule has 6 nitrogen and oxygen atoms in total. The fourth-order valence-corrected chi connectivity index (χ4v) is 6.69. The first kappa shape index (κ1) is 37.4. The van der Waals surface area contributed by atoms with Crippen molar-refractivity contribution in [1.29, 1.82) is 0 Å². The maximum Gasteiger partial charge on any atom is 0.405 e. The average molecular weight is 676 g/mol. The maximum atomic E-state index is 13.7. The van der Waals surface area contributed by atoms with Gasteiger partial charge in [-0.05, 0) is 80.3 Å². The van der Waals surface area contributed by atoms with Gasteiger partial charge >= 0.3 is 6.18 Å². The van der Waals surface area contributed by atoms with Crippen molar-refractivity contribution in [2.75, 3.05) is 32.8 Å². The summed E-state index contributed by atoms with van der Waals surface area (Å²) in [4.78, 5) is 29.3. The van der Waals surface area contributed by atoms with E-state index in [1.54, 1.807) is 12.2 Å². The first-order valence-electron chi connectivity index (χ1n) is 17.1. The number of hydrogen-bond donors (Lipinski definition) is 2. The molecule has 2 aromatic carbocycles. The molecule has 0 saturated carbocycles. The first-order chi connectivity index (χ1) is 23.6. The van der Waals surface area contributed by atoms with Crippen LogP contribution in [-0.2, 0) is 19.7 Å². The summed E-state index contributed by atoms with van der Waals surface area (Å²) < 4.78 is 45.3. The monoisotopic (exact) mass is 675 g/mol. The van der Waals surface area contributed by atoms with Crippen molar-refractivity contribution in [3.8, 4) is 11.1 Å². The third-order valence-electron chi connectivity index (χ3n) is 9.16. The molecule has 0 radical (unpaired) electrons. The van der Waals surface area contributed by atoms with Crippen molar-refractivity contribution >= 4 is 11.8 Å². The number of fused-ring (bicyclic) bond motifs is 3. The van der Waals surface area contributed by atoms with Gasteiger partial charge in [-0.2, -0.15) is 13.2 Å². The summed E-state index contributed by atoms with van der Waals surface area (Å²) in [6, 6.07) is 15.1. The third kappa shape index (κ3) is 9.85. The molecule has 2 aromatic rings. The number of carbonyl (C=O) groups excluding carboxylic acids is 2. The van der Waals surface area contributed by atoms with Crippen LogP contribution < -0.4 is 10.6 Å². The Balaban J connectivity index is 1.31. The molecule has 2 aliphatic rings. The lowest BCUT2D eigenvalue weighted by Gasteiger charge is -2.33. The number of carbonyl (C=O) groups is 2. The van der Waals surface area contributed by atoms with Crippen LogP contribution in [0.15, 0.2) is 109 Å². The lowest BCUT2D eigenvalue weighted by Crippen LogP contribution is -2.47. The van der Waals surface area contributed by atoms with Crippen molar-refractivity contribution in [1.82, 2.24) is 15.5 Å². The van der Waals surface area contributed by atoms with E-state index in [4.69, 9.17) is 4.74 Å². The molecule has 0 spiro atoms. The van der Waals surface area contributed by atoms with Gasteiger partial charge in [0.15, 0.2) is 0 Å². The number of likely N-dealkylation sites (tertiary alicyclic amines) is 1. The number of nitrogens with one attached hydrogen (secondary N) is 2. The zero-order valence-corrected chi connectivity index (χ0v) is 28.4. The maximum absolute atomic E-state index is 13.7. The molecule has 1 heterocycles. The largest absolute Gasteiger partial charge is 0.489 e. The number of unbranched alkanes of at least 4 members (excludes halogenated alkanes) is 2. The number of ether oxygens (including phenoxy) is 1. The Hall–Kier alpha value is -4.37. The zero-order chi connectivity index (χ0) is 35.3. The van der Waals surface area contributed by atoms with E-state index >= 15 is 0 Å². The number of piperidine rings is 1. The van der Waals surface area contributed by atoms with Gasteiger partial charge in [0.25, 0.3) is 5.91 Å². The van der Waals surface area contributed by atoms with Crippen LogP contribution in [0.3, 0.4) is 0 Å². The molecule has 0 bridgehead atoms. The van der Waals surface area contributed by atoms with Gasteiger partial charge in [0.05, 0.1) is 5.57 Å². The Morgan fingerprint density at radius 3 is 2.27 bits per heavy atom. The molecule has 2 N–H and O–H groups in total. The quantitative estimate of drug-likeness (QED) is 0.0588. The summed E-state index contributed by atoms with van der Waals surface area (Å²) in [5.74, 6) is -0.517. The summed E-state index contributed by atoms with van der Waals surface area (Å²) in [6.45, 7) is 10.9. The predicted octanol–water partition coefficient (Wildman–Crippen LogP) is 7.94. The smallest absolute Gasteiger partial charge is 0.405 e. The second-order valence-electron chi connectivity index (χ2n) is 12.5. The topological polar surface area (TPSA) is 70.7 Å². The van der Waals surface area contributed by atoms with Gasteiger partial charge in [-0.1, -0.05) is 91.9 Å². The molecule has 49 heavy (non-hydrogen) atoms. The highest BCUT2D eigenvalue weighted by atomic mass is 19.4. The molecule has 4 rings (SSSR count). The number of rotatable bonds is 17. The molecular formula is C40H48F3N3O3. The number of alkyl halides is 3. The summed E-state index contributed by atoms with van der Waals surface area (Å²) in [6.07, 6.45) is 11.8. The van der Waals surface area contributed by atoms with Crippen molar-refractivity contribution in [2.45, 2.75) is 69.5 Å². The van der Waals surface area contributed by atoms with E-state index in [9.17, 15) is 22.8 Å². The van der Waals surface area contributed by atoms with E-state index < -0.39 is 24.0 Å². The van der Waals surface area contributed by atoms with Gasteiger partial charge in [-0.25, -0.2) is 0 Å². The van der Waals surface area contributed by atoms with Crippen molar-refractivity contribution in [3.05, 3.63) is 121 Å². The second kappa shape index (κ2) is 17.9. The van der Waals surface area contributed by atoms with Crippen LogP contribution in [0.25, 0.3) is 11.1 Å². The number of nitrogens with zero attached hydrogens (tertiary/aromatic N) is 1. The molecule has 262 valence electrons. The van der Waals surface area contributed by atoms with Gasteiger partial charge in [0, 0.05) is 19.1 Å². The van der Waals surface area contributed by atoms with Crippen LogP contribution in [-0.4, -0.2) is 61.7 Å². The molecule has 2 amide bonds. The fraction of sp³-hybridized carbons (Fsp3) is 0.400. The molecule has 1 fully saturated rings. The molecular weight excluding hydrogens is 627 g/mol. The number of halogens is 3. The van der Waals surface area contributed by atoms with E-state index in [0.29, 0.717) is 30.8 Å². The molecule has 0 aromatic heterocycles. The normalized spacial score (nSPS) is 16.4. The molecule has 0 atom stereocenters. The second-order valence-corrected chi connectivity index (χ2v) is 12.5. The van der Waals surface area contributed by atoms with Crippen LogP contribution in [0.5, 0.6) is 0 Å². The van der Waals surface area contributed by atoms with Crippen LogP contribution in [0, 0.1) is 0 Å². The van der Waals surface area contributed by atoms with Crippen LogP contribution in [0.2, 0.25) is 0 Å². The molecule has 1 saturated heterocycles. The lowest BCUT2D eigenvalue weighted by atomic mass is 9.73. The Labute approximate surface area is 288 Å². The Morgan fingerprint density at radius 2 is 1.65 bits per heavy atom. The Bertz CT molecular complexity index is 1510. The van der Waals surface area contributed by atoms with E-state index in [1.807, 2.05) is 79.8 Å². The number of benzene rings is 2. The Kier molecular flexibility index (Phi) is 13.6. The number of hydrogen-bond acceptors (Lipinski definition) is 4. The first-order valence-corrected chi connectivity index (χ1v) is 17.1. The van der Waals surface area contributed by atoms with Gasteiger partial charge in [-0.15, -0.1) is 6.58 Å². The van der Waals surface area contributed by atoms with Crippen LogP contribution >= 0.6 is 0 Å². The van der Waals surface area contributed by atoms with Crippen LogP contribution in [0.4, 0.5) is 13.2 Å². The van der Waals surface area contributed by atoms with Gasteiger partial charge < -0.3 is 20.3 Å². The predicted molar refractivity (Wildman–Crippen MR) is 190 cm³/mol. The van der Waals surface area contributed by atoms with Crippen molar-refractivity contribution < 1.29 is 27.5 Å².